The zero-order valence-electron chi connectivity index (χ0n) is 10.4. The Balaban J connectivity index is 1.99. The van der Waals surface area contributed by atoms with Gasteiger partial charge in [0, 0.05) is 20.3 Å². The molecular formula is C10H19N5O3. The molecule has 0 aliphatic carbocycles. The van der Waals surface area contributed by atoms with E-state index in [4.69, 9.17) is 15.2 Å². The summed E-state index contributed by atoms with van der Waals surface area (Å²) in [6.07, 6.45) is 1.71. The predicted octanol–water partition coefficient (Wildman–Crippen LogP) is -0.440. The molecule has 18 heavy (non-hydrogen) atoms. The molecule has 0 saturated carbocycles. The number of hydrogen-bond donors (Lipinski definition) is 3. The number of anilines is 1. The molecule has 4 N–H and O–H groups in total. The molecule has 8 heteroatoms. The number of unbranched alkanes of at least 4 members (excludes halogenated alkanes) is 1. The number of aromatic amines is 1. The molecular weight excluding hydrogens is 238 g/mol. The van der Waals surface area contributed by atoms with Crippen molar-refractivity contribution in [3.8, 4) is 0 Å². The molecule has 0 aromatic carbocycles. The van der Waals surface area contributed by atoms with Crippen LogP contribution in [0.1, 0.15) is 23.5 Å². The summed E-state index contributed by atoms with van der Waals surface area (Å²) in [5.41, 5.74) is 5.29. The molecule has 0 aliphatic rings. The van der Waals surface area contributed by atoms with Crippen molar-refractivity contribution in [1.82, 2.24) is 20.5 Å². The lowest BCUT2D eigenvalue weighted by Crippen LogP contribution is -2.25. The molecule has 1 aromatic heterocycles. The lowest BCUT2D eigenvalue weighted by atomic mass is 10.3. The first-order valence-corrected chi connectivity index (χ1v) is 5.77. The number of methoxy groups -OCH3 is 1. The first-order chi connectivity index (χ1) is 8.74. The molecule has 1 heterocycles. The van der Waals surface area contributed by atoms with E-state index in [1.807, 2.05) is 0 Å². The first-order valence-electron chi connectivity index (χ1n) is 5.77. The standard InChI is InChI=1S/C10H19N5O3/c1-17-6-7-18-5-3-2-4-12-9(16)8-13-10(11)15-14-8/h2-7H2,1H3,(H,12,16)(H3,11,13,14,15). The maximum absolute atomic E-state index is 11.5. The Hall–Kier alpha value is -1.67. The van der Waals surface area contributed by atoms with E-state index in [0.717, 1.165) is 12.8 Å². The highest BCUT2D eigenvalue weighted by Gasteiger charge is 2.08. The van der Waals surface area contributed by atoms with Gasteiger partial charge in [-0.2, -0.15) is 4.98 Å². The normalized spacial score (nSPS) is 10.5. The van der Waals surface area contributed by atoms with E-state index in [1.54, 1.807) is 7.11 Å². The third-order valence-electron chi connectivity index (χ3n) is 2.15. The molecule has 1 rings (SSSR count). The van der Waals surface area contributed by atoms with E-state index in [1.165, 1.54) is 0 Å². The second-order valence-electron chi connectivity index (χ2n) is 3.61. The van der Waals surface area contributed by atoms with Crippen LogP contribution < -0.4 is 11.1 Å². The van der Waals surface area contributed by atoms with Crippen LogP contribution in [-0.4, -0.2) is 54.6 Å². The van der Waals surface area contributed by atoms with Crippen LogP contribution in [0.25, 0.3) is 0 Å². The number of nitrogens with one attached hydrogen (secondary N) is 2. The van der Waals surface area contributed by atoms with E-state index in [2.05, 4.69) is 20.5 Å². The lowest BCUT2D eigenvalue weighted by molar-refractivity contribution is 0.0686. The molecule has 0 aliphatic heterocycles. The molecule has 0 unspecified atom stereocenters. The fourth-order valence-electron chi connectivity index (χ4n) is 1.24. The second kappa shape index (κ2) is 8.43. The van der Waals surface area contributed by atoms with Gasteiger partial charge in [-0.3, -0.25) is 9.89 Å². The van der Waals surface area contributed by atoms with Crippen LogP contribution in [0.2, 0.25) is 0 Å². The number of aromatic nitrogens is 3. The second-order valence-corrected chi connectivity index (χ2v) is 3.61. The number of carbonyl (C=O) groups is 1. The van der Waals surface area contributed by atoms with Gasteiger partial charge in [0.05, 0.1) is 13.2 Å². The Morgan fingerprint density at radius 1 is 1.39 bits per heavy atom. The van der Waals surface area contributed by atoms with Gasteiger partial charge < -0.3 is 20.5 Å². The first kappa shape index (κ1) is 14.4. The Bertz CT molecular complexity index is 355. The van der Waals surface area contributed by atoms with Crippen molar-refractivity contribution in [2.24, 2.45) is 0 Å². The van der Waals surface area contributed by atoms with Crippen LogP contribution >= 0.6 is 0 Å². The molecule has 0 saturated heterocycles. The Kier molecular flexibility index (Phi) is 6.74. The van der Waals surface area contributed by atoms with Gasteiger partial charge in [0.15, 0.2) is 0 Å². The zero-order chi connectivity index (χ0) is 13.2. The topological polar surface area (TPSA) is 115 Å². The number of hydrogen-bond acceptors (Lipinski definition) is 6. The number of ether oxygens (including phenoxy) is 2. The quantitative estimate of drug-likeness (QED) is 0.516. The Morgan fingerprint density at radius 2 is 2.22 bits per heavy atom. The average molecular weight is 257 g/mol. The fourth-order valence-corrected chi connectivity index (χ4v) is 1.24. The summed E-state index contributed by atoms with van der Waals surface area (Å²) in [4.78, 5) is 15.2. The molecule has 1 aromatic rings. The molecule has 102 valence electrons. The maximum Gasteiger partial charge on any atom is 0.288 e. The van der Waals surface area contributed by atoms with Gasteiger partial charge in [0.25, 0.3) is 5.91 Å². The third-order valence-corrected chi connectivity index (χ3v) is 2.15. The van der Waals surface area contributed by atoms with Crippen LogP contribution in [0.5, 0.6) is 0 Å². The highest BCUT2D eigenvalue weighted by atomic mass is 16.5. The zero-order valence-corrected chi connectivity index (χ0v) is 10.4. The molecule has 0 fully saturated rings. The van der Waals surface area contributed by atoms with E-state index < -0.39 is 0 Å². The molecule has 0 bridgehead atoms. The van der Waals surface area contributed by atoms with E-state index >= 15 is 0 Å². The minimum absolute atomic E-state index is 0.0618. The number of nitrogens with two attached hydrogens (primary N) is 1. The summed E-state index contributed by atoms with van der Waals surface area (Å²) in [6, 6.07) is 0. The van der Waals surface area contributed by atoms with Gasteiger partial charge in [-0.15, -0.1) is 5.10 Å². The highest BCUT2D eigenvalue weighted by molar-refractivity contribution is 5.90. The largest absolute Gasteiger partial charge is 0.382 e. The lowest BCUT2D eigenvalue weighted by Gasteiger charge is -2.04. The van der Waals surface area contributed by atoms with Gasteiger partial charge in [0.1, 0.15) is 0 Å². The molecule has 0 spiro atoms. The summed E-state index contributed by atoms with van der Waals surface area (Å²) in [5, 5.41) is 8.72. The molecule has 0 radical (unpaired) electrons. The smallest absolute Gasteiger partial charge is 0.288 e. The number of H-pyrrole nitrogens is 1. The number of amides is 1. The number of carbonyl (C=O) groups excluding carboxylic acids is 1. The minimum Gasteiger partial charge on any atom is -0.382 e. The van der Waals surface area contributed by atoms with E-state index in [9.17, 15) is 4.79 Å². The van der Waals surface area contributed by atoms with Crippen LogP contribution in [0.3, 0.4) is 0 Å². The Labute approximate surface area is 105 Å². The minimum atomic E-state index is -0.306. The third kappa shape index (κ3) is 5.60. The van der Waals surface area contributed by atoms with Crippen LogP contribution in [0, 0.1) is 0 Å². The maximum atomic E-state index is 11.5. The fraction of sp³-hybridized carbons (Fsp3) is 0.700. The van der Waals surface area contributed by atoms with Gasteiger partial charge in [-0.25, -0.2) is 0 Å². The van der Waals surface area contributed by atoms with Crippen molar-refractivity contribution in [3.63, 3.8) is 0 Å². The van der Waals surface area contributed by atoms with Gasteiger partial charge in [-0.1, -0.05) is 0 Å². The summed E-state index contributed by atoms with van der Waals surface area (Å²) in [7, 11) is 1.63. The van der Waals surface area contributed by atoms with Crippen LogP contribution in [0.15, 0.2) is 0 Å². The van der Waals surface area contributed by atoms with Crippen molar-refractivity contribution < 1.29 is 14.3 Å². The molecule has 0 atom stereocenters. The van der Waals surface area contributed by atoms with Crippen molar-refractivity contribution >= 4 is 11.9 Å². The molecule has 8 nitrogen and oxygen atoms in total. The SMILES string of the molecule is COCCOCCCCNC(=O)c1nc(N)n[nH]1. The summed E-state index contributed by atoms with van der Waals surface area (Å²) < 4.78 is 10.1. The Morgan fingerprint density at radius 3 is 2.89 bits per heavy atom. The average Bonchev–Trinajstić information content (AvgIpc) is 2.79. The predicted molar refractivity (Wildman–Crippen MR) is 65.1 cm³/mol. The summed E-state index contributed by atoms with van der Waals surface area (Å²) in [6.45, 7) is 2.42. The van der Waals surface area contributed by atoms with E-state index in [-0.39, 0.29) is 17.7 Å². The van der Waals surface area contributed by atoms with Crippen molar-refractivity contribution in [2.45, 2.75) is 12.8 Å². The number of nitrogen functional groups attached to an aromatic ring is 1. The highest BCUT2D eigenvalue weighted by Crippen LogP contribution is 1.94. The number of rotatable bonds is 9. The van der Waals surface area contributed by atoms with E-state index in [0.29, 0.717) is 26.4 Å². The molecule has 1 amide bonds. The summed E-state index contributed by atoms with van der Waals surface area (Å²) >= 11 is 0. The monoisotopic (exact) mass is 257 g/mol. The van der Waals surface area contributed by atoms with Crippen LogP contribution in [-0.2, 0) is 9.47 Å². The van der Waals surface area contributed by atoms with Gasteiger partial charge in [-0.05, 0) is 12.8 Å². The summed E-state index contributed by atoms with van der Waals surface area (Å²) in [5.74, 6) is -0.116. The van der Waals surface area contributed by atoms with Gasteiger partial charge in [0.2, 0.25) is 11.8 Å². The van der Waals surface area contributed by atoms with Crippen molar-refractivity contribution in [3.05, 3.63) is 5.82 Å². The van der Waals surface area contributed by atoms with Gasteiger partial charge >= 0.3 is 0 Å². The van der Waals surface area contributed by atoms with Crippen LogP contribution in [0.4, 0.5) is 5.95 Å². The van der Waals surface area contributed by atoms with Crippen molar-refractivity contribution in [1.29, 1.82) is 0 Å². The van der Waals surface area contributed by atoms with Crippen molar-refractivity contribution in [2.75, 3.05) is 39.2 Å². The number of nitrogens with zero attached hydrogens (tertiary/aromatic N) is 2.